The van der Waals surface area contributed by atoms with E-state index >= 15 is 0 Å². The third-order valence-corrected chi connectivity index (χ3v) is 5.68. The zero-order chi connectivity index (χ0) is 22.1. The molecule has 0 aliphatic rings. The Morgan fingerprint density at radius 1 is 1.10 bits per heavy atom. The largest absolute Gasteiger partial charge is 0.494 e. The van der Waals surface area contributed by atoms with Gasteiger partial charge in [0.15, 0.2) is 5.96 Å². The first-order valence-corrected chi connectivity index (χ1v) is 11.1. The Bertz CT molecular complexity index is 982. The van der Waals surface area contributed by atoms with Crippen molar-refractivity contribution in [1.82, 2.24) is 20.6 Å². The molecule has 0 saturated carbocycles. The van der Waals surface area contributed by atoms with Crippen molar-refractivity contribution in [2.24, 2.45) is 4.99 Å². The van der Waals surface area contributed by atoms with Gasteiger partial charge in [-0.15, -0.1) is 11.3 Å². The molecule has 2 heterocycles. The van der Waals surface area contributed by atoms with Crippen LogP contribution in [0.2, 0.25) is 0 Å². The lowest BCUT2D eigenvalue weighted by Crippen LogP contribution is -2.37. The number of ether oxygens (including phenoxy) is 2. The molecule has 0 fully saturated rings. The van der Waals surface area contributed by atoms with Gasteiger partial charge in [0.2, 0.25) is 5.88 Å². The summed E-state index contributed by atoms with van der Waals surface area (Å²) in [5.41, 5.74) is 2.16. The maximum atomic E-state index is 5.86. The van der Waals surface area contributed by atoms with Crippen molar-refractivity contribution >= 4 is 17.3 Å². The zero-order valence-corrected chi connectivity index (χ0v) is 19.3. The number of guanidine groups is 1. The second-order valence-electron chi connectivity index (χ2n) is 6.86. The molecule has 3 rings (SSSR count). The van der Waals surface area contributed by atoms with Crippen LogP contribution in [0.15, 0.2) is 47.6 Å². The lowest BCUT2D eigenvalue weighted by molar-refractivity contribution is 0.339. The summed E-state index contributed by atoms with van der Waals surface area (Å²) in [6.07, 6.45) is 2.61. The normalized spacial score (nSPS) is 11.3. The van der Waals surface area contributed by atoms with Crippen LogP contribution < -0.4 is 20.1 Å². The summed E-state index contributed by atoms with van der Waals surface area (Å²) >= 11 is 1.75. The Morgan fingerprint density at radius 2 is 1.87 bits per heavy atom. The van der Waals surface area contributed by atoms with Crippen molar-refractivity contribution in [1.29, 1.82) is 0 Å². The van der Waals surface area contributed by atoms with E-state index in [9.17, 15) is 0 Å². The van der Waals surface area contributed by atoms with Crippen molar-refractivity contribution in [3.63, 3.8) is 0 Å². The average Bonchev–Trinajstić information content (AvgIpc) is 3.09. The van der Waals surface area contributed by atoms with Gasteiger partial charge in [0.05, 0.1) is 17.3 Å². The second-order valence-corrected chi connectivity index (χ2v) is 8.15. The van der Waals surface area contributed by atoms with Crippen LogP contribution in [0.4, 0.5) is 0 Å². The van der Waals surface area contributed by atoms with Crippen molar-refractivity contribution < 1.29 is 9.47 Å². The van der Waals surface area contributed by atoms with Gasteiger partial charge in [-0.3, -0.25) is 4.99 Å². The summed E-state index contributed by atoms with van der Waals surface area (Å²) in [5.74, 6) is 2.82. The Balaban J connectivity index is 1.48. The van der Waals surface area contributed by atoms with Gasteiger partial charge in [-0.25, -0.2) is 9.97 Å². The van der Waals surface area contributed by atoms with Crippen molar-refractivity contribution in [3.8, 4) is 17.4 Å². The molecule has 8 heteroatoms. The van der Waals surface area contributed by atoms with Gasteiger partial charge < -0.3 is 20.1 Å². The summed E-state index contributed by atoms with van der Waals surface area (Å²) < 4.78 is 11.3. The van der Waals surface area contributed by atoms with Gasteiger partial charge in [-0.05, 0) is 56.7 Å². The van der Waals surface area contributed by atoms with Crippen LogP contribution in [0.5, 0.6) is 17.4 Å². The maximum absolute atomic E-state index is 5.86. The minimum absolute atomic E-state index is 0.543. The zero-order valence-electron chi connectivity index (χ0n) is 18.4. The molecule has 1 aromatic carbocycles. The van der Waals surface area contributed by atoms with Crippen LogP contribution in [0.3, 0.4) is 0 Å². The minimum atomic E-state index is 0.543. The third-order valence-electron chi connectivity index (χ3n) is 4.54. The van der Waals surface area contributed by atoms with E-state index in [2.05, 4.69) is 32.5 Å². The Morgan fingerprint density at radius 3 is 2.55 bits per heavy atom. The summed E-state index contributed by atoms with van der Waals surface area (Å²) in [6.45, 7) is 8.13. The SMILES string of the molecule is CCOc1ccc(Oc2cc(CNC(=NC)NCCc3nc(C)c(C)s3)ccn2)cc1. The molecular formula is C23H29N5O2S. The Labute approximate surface area is 187 Å². The number of thiazole rings is 1. The number of aromatic nitrogens is 2. The van der Waals surface area contributed by atoms with E-state index in [4.69, 9.17) is 9.47 Å². The summed E-state index contributed by atoms with van der Waals surface area (Å²) in [4.78, 5) is 14.4. The van der Waals surface area contributed by atoms with E-state index in [1.54, 1.807) is 24.6 Å². The maximum Gasteiger partial charge on any atom is 0.219 e. The van der Waals surface area contributed by atoms with Crippen LogP contribution in [0, 0.1) is 13.8 Å². The first-order valence-electron chi connectivity index (χ1n) is 10.3. The van der Waals surface area contributed by atoms with E-state index in [-0.39, 0.29) is 0 Å². The lowest BCUT2D eigenvalue weighted by atomic mass is 10.2. The van der Waals surface area contributed by atoms with Gasteiger partial charge in [0, 0.05) is 43.7 Å². The molecule has 31 heavy (non-hydrogen) atoms. The highest BCUT2D eigenvalue weighted by molar-refractivity contribution is 7.11. The Hall–Kier alpha value is -3.13. The Kier molecular flexibility index (Phi) is 8.23. The average molecular weight is 440 g/mol. The number of aliphatic imine (C=N–C) groups is 1. The van der Waals surface area contributed by atoms with Gasteiger partial charge in [-0.1, -0.05) is 0 Å². The molecule has 0 unspecified atom stereocenters. The second kappa shape index (κ2) is 11.3. The molecule has 7 nitrogen and oxygen atoms in total. The highest BCUT2D eigenvalue weighted by Gasteiger charge is 2.05. The predicted octanol–water partition coefficient (Wildman–Crippen LogP) is 4.25. The smallest absolute Gasteiger partial charge is 0.219 e. The van der Waals surface area contributed by atoms with Crippen molar-refractivity contribution in [2.45, 2.75) is 33.7 Å². The molecule has 0 aliphatic heterocycles. The summed E-state index contributed by atoms with van der Waals surface area (Å²) in [6, 6.07) is 11.4. The molecule has 2 N–H and O–H groups in total. The lowest BCUT2D eigenvalue weighted by Gasteiger charge is -2.12. The van der Waals surface area contributed by atoms with E-state index < -0.39 is 0 Å². The third kappa shape index (κ3) is 6.96. The number of pyridine rings is 1. The van der Waals surface area contributed by atoms with Gasteiger partial charge in [-0.2, -0.15) is 0 Å². The molecule has 3 aromatic rings. The number of rotatable bonds is 9. The molecule has 0 spiro atoms. The van der Waals surface area contributed by atoms with E-state index in [1.165, 1.54) is 4.88 Å². The number of nitrogens with one attached hydrogen (secondary N) is 2. The van der Waals surface area contributed by atoms with Crippen LogP contribution in [-0.2, 0) is 13.0 Å². The topological polar surface area (TPSA) is 80.7 Å². The van der Waals surface area contributed by atoms with Crippen LogP contribution in [-0.4, -0.2) is 36.1 Å². The van der Waals surface area contributed by atoms with Gasteiger partial charge in [0.25, 0.3) is 0 Å². The number of hydrogen-bond acceptors (Lipinski definition) is 6. The quantitative estimate of drug-likeness (QED) is 0.383. The van der Waals surface area contributed by atoms with E-state index in [1.807, 2.05) is 50.2 Å². The summed E-state index contributed by atoms with van der Waals surface area (Å²) in [7, 11) is 1.76. The molecule has 0 saturated heterocycles. The molecule has 0 bridgehead atoms. The first kappa shape index (κ1) is 22.6. The molecule has 0 atom stereocenters. The number of nitrogens with zero attached hydrogens (tertiary/aromatic N) is 3. The molecule has 0 aliphatic carbocycles. The monoisotopic (exact) mass is 439 g/mol. The summed E-state index contributed by atoms with van der Waals surface area (Å²) in [5, 5.41) is 7.80. The fourth-order valence-electron chi connectivity index (χ4n) is 2.85. The molecule has 0 amide bonds. The molecule has 164 valence electrons. The number of hydrogen-bond donors (Lipinski definition) is 2. The van der Waals surface area contributed by atoms with Gasteiger partial charge >= 0.3 is 0 Å². The van der Waals surface area contributed by atoms with Crippen LogP contribution in [0.1, 0.15) is 28.1 Å². The fourth-order valence-corrected chi connectivity index (χ4v) is 3.78. The minimum Gasteiger partial charge on any atom is -0.494 e. The molecular weight excluding hydrogens is 410 g/mol. The first-order chi connectivity index (χ1) is 15.1. The fraction of sp³-hybridized carbons (Fsp3) is 0.348. The highest BCUT2D eigenvalue weighted by Crippen LogP contribution is 2.23. The predicted molar refractivity (Wildman–Crippen MR) is 125 cm³/mol. The van der Waals surface area contributed by atoms with E-state index in [0.717, 1.165) is 40.9 Å². The van der Waals surface area contributed by atoms with Crippen molar-refractivity contribution in [2.75, 3.05) is 20.2 Å². The van der Waals surface area contributed by atoms with Crippen LogP contribution >= 0.6 is 11.3 Å². The van der Waals surface area contributed by atoms with Crippen LogP contribution in [0.25, 0.3) is 0 Å². The molecule has 0 radical (unpaired) electrons. The van der Waals surface area contributed by atoms with Gasteiger partial charge in [0.1, 0.15) is 11.5 Å². The number of aryl methyl sites for hydroxylation is 2. The van der Waals surface area contributed by atoms with E-state index in [0.29, 0.717) is 24.8 Å². The number of benzene rings is 1. The van der Waals surface area contributed by atoms with Crippen molar-refractivity contribution in [3.05, 3.63) is 63.7 Å². The standard InChI is InChI=1S/C23H29N5O2S/c1-5-29-19-6-8-20(9-7-19)30-21-14-18(10-12-25-21)15-27-23(24-4)26-13-11-22-28-16(2)17(3)31-22/h6-10,12,14H,5,11,13,15H2,1-4H3,(H2,24,26,27). The molecule has 2 aromatic heterocycles. The highest BCUT2D eigenvalue weighted by atomic mass is 32.1.